The first-order valence-corrected chi connectivity index (χ1v) is 5.73. The molecule has 0 radical (unpaired) electrons. The Morgan fingerprint density at radius 2 is 1.81 bits per heavy atom. The van der Waals surface area contributed by atoms with Crippen LogP contribution in [0.2, 0.25) is 5.02 Å². The standard InChI is InChI=1S/C13H19ClN2/c1-13(2,15-10-16(3)4)9-11-5-7-12(14)8-6-11/h5-8,10H,9H2,1-4H3. The van der Waals surface area contributed by atoms with Gasteiger partial charge in [0.2, 0.25) is 0 Å². The summed E-state index contributed by atoms with van der Waals surface area (Å²) in [4.78, 5) is 6.49. The number of hydrogen-bond acceptors (Lipinski definition) is 1. The fourth-order valence-corrected chi connectivity index (χ4v) is 1.55. The van der Waals surface area contributed by atoms with E-state index >= 15 is 0 Å². The Morgan fingerprint density at radius 1 is 1.25 bits per heavy atom. The minimum atomic E-state index is -0.0852. The predicted molar refractivity (Wildman–Crippen MR) is 71.4 cm³/mol. The van der Waals surface area contributed by atoms with Crippen molar-refractivity contribution in [3.63, 3.8) is 0 Å². The second kappa shape index (κ2) is 5.35. The van der Waals surface area contributed by atoms with Gasteiger partial charge in [0.05, 0.1) is 11.9 Å². The SMILES string of the molecule is CN(C)C=NC(C)(C)Cc1ccc(Cl)cc1. The van der Waals surface area contributed by atoms with Crippen LogP contribution in [0.4, 0.5) is 0 Å². The van der Waals surface area contributed by atoms with Crippen molar-refractivity contribution in [3.05, 3.63) is 34.9 Å². The van der Waals surface area contributed by atoms with Crippen LogP contribution >= 0.6 is 11.6 Å². The van der Waals surface area contributed by atoms with Gasteiger partial charge in [0.1, 0.15) is 0 Å². The van der Waals surface area contributed by atoms with E-state index in [2.05, 4.69) is 31.0 Å². The highest BCUT2D eigenvalue weighted by molar-refractivity contribution is 6.30. The third kappa shape index (κ3) is 4.67. The molecule has 0 aliphatic carbocycles. The molecule has 1 aromatic rings. The van der Waals surface area contributed by atoms with Crippen LogP contribution in [0.1, 0.15) is 19.4 Å². The second-order valence-electron chi connectivity index (χ2n) is 4.82. The summed E-state index contributed by atoms with van der Waals surface area (Å²) in [5.41, 5.74) is 1.17. The third-order valence-corrected chi connectivity index (χ3v) is 2.44. The van der Waals surface area contributed by atoms with Crippen LogP contribution < -0.4 is 0 Å². The Hall–Kier alpha value is -1.02. The maximum atomic E-state index is 5.85. The number of halogens is 1. The van der Waals surface area contributed by atoms with E-state index in [1.54, 1.807) is 0 Å². The van der Waals surface area contributed by atoms with Gasteiger partial charge in [0, 0.05) is 19.1 Å². The molecule has 0 spiro atoms. The Balaban J connectivity index is 2.68. The van der Waals surface area contributed by atoms with Gasteiger partial charge in [-0.2, -0.15) is 0 Å². The second-order valence-corrected chi connectivity index (χ2v) is 5.26. The fraction of sp³-hybridized carbons (Fsp3) is 0.462. The van der Waals surface area contributed by atoms with Gasteiger partial charge in [-0.3, -0.25) is 4.99 Å². The highest BCUT2D eigenvalue weighted by Gasteiger charge is 2.16. The zero-order valence-corrected chi connectivity index (χ0v) is 11.1. The van der Waals surface area contributed by atoms with Gasteiger partial charge in [-0.1, -0.05) is 23.7 Å². The summed E-state index contributed by atoms with van der Waals surface area (Å²) in [5, 5.41) is 0.776. The molecular formula is C13H19ClN2. The summed E-state index contributed by atoms with van der Waals surface area (Å²) in [6, 6.07) is 7.94. The van der Waals surface area contributed by atoms with Crippen LogP contribution in [-0.4, -0.2) is 30.9 Å². The molecule has 0 amide bonds. The van der Waals surface area contributed by atoms with E-state index in [4.69, 9.17) is 11.6 Å². The normalized spacial score (nSPS) is 12.1. The van der Waals surface area contributed by atoms with E-state index in [-0.39, 0.29) is 5.54 Å². The molecule has 2 nitrogen and oxygen atoms in total. The van der Waals surface area contributed by atoms with Crippen LogP contribution in [0.15, 0.2) is 29.3 Å². The topological polar surface area (TPSA) is 15.6 Å². The van der Waals surface area contributed by atoms with Crippen LogP contribution in [-0.2, 0) is 6.42 Å². The molecule has 0 saturated heterocycles. The quantitative estimate of drug-likeness (QED) is 0.581. The van der Waals surface area contributed by atoms with E-state index < -0.39 is 0 Å². The molecule has 1 rings (SSSR count). The Kier molecular flexibility index (Phi) is 4.36. The number of benzene rings is 1. The maximum absolute atomic E-state index is 5.85. The van der Waals surface area contributed by atoms with Crippen molar-refractivity contribution in [2.75, 3.05) is 14.1 Å². The Labute approximate surface area is 103 Å². The third-order valence-electron chi connectivity index (χ3n) is 2.19. The summed E-state index contributed by atoms with van der Waals surface area (Å²) < 4.78 is 0. The van der Waals surface area contributed by atoms with E-state index in [9.17, 15) is 0 Å². The number of nitrogens with zero attached hydrogens (tertiary/aromatic N) is 2. The predicted octanol–water partition coefficient (Wildman–Crippen LogP) is 3.25. The Morgan fingerprint density at radius 3 is 2.31 bits per heavy atom. The largest absolute Gasteiger partial charge is 0.369 e. The number of rotatable bonds is 4. The molecule has 0 heterocycles. The number of hydrogen-bond donors (Lipinski definition) is 0. The van der Waals surface area contributed by atoms with E-state index in [1.807, 2.05) is 37.5 Å². The summed E-state index contributed by atoms with van der Waals surface area (Å²) >= 11 is 5.85. The molecule has 0 unspecified atom stereocenters. The van der Waals surface area contributed by atoms with Crippen molar-refractivity contribution in [3.8, 4) is 0 Å². The van der Waals surface area contributed by atoms with Crippen LogP contribution in [0.3, 0.4) is 0 Å². The van der Waals surface area contributed by atoms with E-state index in [1.165, 1.54) is 5.56 Å². The molecular weight excluding hydrogens is 220 g/mol. The molecule has 0 atom stereocenters. The first kappa shape index (κ1) is 13.0. The lowest BCUT2D eigenvalue weighted by atomic mass is 9.96. The average Bonchev–Trinajstić information content (AvgIpc) is 2.19. The van der Waals surface area contributed by atoms with E-state index in [0.29, 0.717) is 0 Å². The van der Waals surface area contributed by atoms with Crippen LogP contribution in [0.5, 0.6) is 0 Å². The first-order chi connectivity index (χ1) is 7.39. The fourth-order valence-electron chi connectivity index (χ4n) is 1.42. The van der Waals surface area contributed by atoms with Crippen LogP contribution in [0.25, 0.3) is 0 Å². The summed E-state index contributed by atoms with van der Waals surface area (Å²) in [5.74, 6) is 0. The lowest BCUT2D eigenvalue weighted by Gasteiger charge is -2.20. The molecule has 0 aromatic heterocycles. The summed E-state index contributed by atoms with van der Waals surface area (Å²) in [6.45, 7) is 4.25. The first-order valence-electron chi connectivity index (χ1n) is 5.35. The van der Waals surface area contributed by atoms with E-state index in [0.717, 1.165) is 11.4 Å². The van der Waals surface area contributed by atoms with Crippen molar-refractivity contribution in [1.82, 2.24) is 4.90 Å². The van der Waals surface area contributed by atoms with Gasteiger partial charge in [0.15, 0.2) is 0 Å². The molecule has 0 saturated carbocycles. The minimum Gasteiger partial charge on any atom is -0.369 e. The van der Waals surface area contributed by atoms with Crippen molar-refractivity contribution in [1.29, 1.82) is 0 Å². The lowest BCUT2D eigenvalue weighted by Crippen LogP contribution is -2.23. The molecule has 16 heavy (non-hydrogen) atoms. The monoisotopic (exact) mass is 238 g/mol. The highest BCUT2D eigenvalue weighted by atomic mass is 35.5. The average molecular weight is 239 g/mol. The zero-order chi connectivity index (χ0) is 12.2. The molecule has 0 aliphatic rings. The lowest BCUT2D eigenvalue weighted by molar-refractivity contribution is 0.508. The van der Waals surface area contributed by atoms with Gasteiger partial charge in [0.25, 0.3) is 0 Å². The van der Waals surface area contributed by atoms with Gasteiger partial charge >= 0.3 is 0 Å². The van der Waals surface area contributed by atoms with Gasteiger partial charge in [-0.25, -0.2) is 0 Å². The molecule has 0 aliphatic heterocycles. The zero-order valence-electron chi connectivity index (χ0n) is 10.4. The number of aliphatic imine (C=N–C) groups is 1. The summed E-state index contributed by atoms with van der Waals surface area (Å²) in [7, 11) is 3.95. The minimum absolute atomic E-state index is 0.0852. The van der Waals surface area contributed by atoms with Gasteiger partial charge in [-0.05, 0) is 38.0 Å². The van der Waals surface area contributed by atoms with Crippen molar-refractivity contribution >= 4 is 17.9 Å². The van der Waals surface area contributed by atoms with Crippen molar-refractivity contribution in [2.45, 2.75) is 25.8 Å². The highest BCUT2D eigenvalue weighted by Crippen LogP contribution is 2.18. The Bertz CT molecular complexity index is 353. The van der Waals surface area contributed by atoms with Gasteiger partial charge in [-0.15, -0.1) is 0 Å². The van der Waals surface area contributed by atoms with Crippen LogP contribution in [0, 0.1) is 0 Å². The molecule has 0 N–H and O–H groups in total. The van der Waals surface area contributed by atoms with Crippen molar-refractivity contribution < 1.29 is 0 Å². The van der Waals surface area contributed by atoms with Crippen molar-refractivity contribution in [2.24, 2.45) is 4.99 Å². The molecule has 1 aromatic carbocycles. The summed E-state index contributed by atoms with van der Waals surface area (Å²) in [6.07, 6.45) is 2.77. The molecule has 88 valence electrons. The molecule has 3 heteroatoms. The molecule has 0 bridgehead atoms. The molecule has 0 fully saturated rings. The maximum Gasteiger partial charge on any atom is 0.0851 e. The van der Waals surface area contributed by atoms with Gasteiger partial charge < -0.3 is 4.90 Å². The smallest absolute Gasteiger partial charge is 0.0851 e.